The highest BCUT2D eigenvalue weighted by Crippen LogP contribution is 2.37. The zero-order valence-corrected chi connectivity index (χ0v) is 21.3. The summed E-state index contributed by atoms with van der Waals surface area (Å²) in [5.74, 6) is -1.04. The molecule has 0 saturated carbocycles. The first-order valence-corrected chi connectivity index (χ1v) is 13.5. The quantitative estimate of drug-likeness (QED) is 0.164. The van der Waals surface area contributed by atoms with Gasteiger partial charge in [-0.2, -0.15) is 0 Å². The van der Waals surface area contributed by atoms with Gasteiger partial charge in [0.15, 0.2) is 0 Å². The van der Waals surface area contributed by atoms with Crippen molar-refractivity contribution < 1.29 is 9.90 Å². The van der Waals surface area contributed by atoms with Crippen molar-refractivity contribution in [2.45, 2.75) is 107 Å². The van der Waals surface area contributed by atoms with Gasteiger partial charge in [0.25, 0.3) is 0 Å². The predicted molar refractivity (Wildman–Crippen MR) is 137 cm³/mol. The predicted octanol–water partition coefficient (Wildman–Crippen LogP) is 8.80. The van der Waals surface area contributed by atoms with Gasteiger partial charge in [0.05, 0.1) is 11.8 Å². The summed E-state index contributed by atoms with van der Waals surface area (Å²) in [4.78, 5) is 14.9. The first kappa shape index (κ1) is 26.3. The van der Waals surface area contributed by atoms with Crippen LogP contribution >= 0.6 is 27.5 Å². The molecule has 2 aromatic rings. The Kier molecular flexibility index (Phi) is 12.7. The van der Waals surface area contributed by atoms with Crippen LogP contribution in [-0.2, 0) is 4.79 Å². The number of hydrogen-bond acceptors (Lipinski definition) is 1. The molecule has 1 heterocycles. The van der Waals surface area contributed by atoms with Crippen molar-refractivity contribution in [1.82, 2.24) is 4.98 Å². The topological polar surface area (TPSA) is 53.1 Å². The summed E-state index contributed by atoms with van der Waals surface area (Å²) in [5, 5.41) is 10.3. The number of carboxylic acids is 1. The summed E-state index contributed by atoms with van der Waals surface area (Å²) in [6.07, 6.45) is 17.5. The Labute approximate surface area is 201 Å². The van der Waals surface area contributed by atoms with Gasteiger partial charge in [-0.25, -0.2) is 0 Å². The molecule has 0 saturated heterocycles. The fraction of sp³-hybridized carbons (Fsp3) is 0.654. The number of nitrogens with one attached hydrogen (secondary N) is 1. The van der Waals surface area contributed by atoms with E-state index in [2.05, 4.69) is 27.8 Å². The van der Waals surface area contributed by atoms with E-state index in [4.69, 9.17) is 11.6 Å². The van der Waals surface area contributed by atoms with Crippen LogP contribution in [0, 0.1) is 0 Å². The Morgan fingerprint density at radius 2 is 1.58 bits per heavy atom. The minimum Gasteiger partial charge on any atom is -0.481 e. The largest absolute Gasteiger partial charge is 0.481 e. The van der Waals surface area contributed by atoms with Gasteiger partial charge in [-0.05, 0) is 18.1 Å². The van der Waals surface area contributed by atoms with Crippen molar-refractivity contribution in [3.63, 3.8) is 0 Å². The number of benzene rings is 1. The van der Waals surface area contributed by atoms with Crippen LogP contribution < -0.4 is 0 Å². The van der Waals surface area contributed by atoms with Crippen molar-refractivity contribution in [3.8, 4) is 0 Å². The molecule has 1 aromatic carbocycles. The van der Waals surface area contributed by atoms with Crippen LogP contribution in [-0.4, -0.2) is 26.3 Å². The van der Waals surface area contributed by atoms with Crippen molar-refractivity contribution in [2.24, 2.45) is 0 Å². The van der Waals surface area contributed by atoms with E-state index < -0.39 is 5.97 Å². The van der Waals surface area contributed by atoms with Crippen LogP contribution in [0.2, 0.25) is 0 Å². The fourth-order valence-corrected chi connectivity index (χ4v) is 5.44. The molecule has 3 nitrogen and oxygen atoms in total. The molecule has 0 fully saturated rings. The van der Waals surface area contributed by atoms with Crippen LogP contribution in [0.25, 0.3) is 10.9 Å². The minimum absolute atomic E-state index is 0.0381. The zero-order chi connectivity index (χ0) is 22.5. The number of aromatic amines is 1. The maximum atomic E-state index is 11.5. The number of aromatic nitrogens is 1. The number of alkyl halides is 2. The number of unbranched alkanes of at least 4 members (excludes halogenated alkanes) is 10. The maximum Gasteiger partial charge on any atom is 0.304 e. The molecule has 0 amide bonds. The monoisotopic (exact) mass is 511 g/mol. The SMILES string of the molecule is CCCCCCCCCCCCCC(Br)C(Cl)C(CC(=O)O)c1c[nH]c2ccccc12. The summed E-state index contributed by atoms with van der Waals surface area (Å²) in [6, 6.07) is 8.01. The molecular weight excluding hydrogens is 474 g/mol. The fourth-order valence-electron chi connectivity index (χ4n) is 4.40. The molecule has 2 N–H and O–H groups in total. The number of H-pyrrole nitrogens is 1. The number of aliphatic carboxylic acids is 1. The number of carbonyl (C=O) groups is 1. The van der Waals surface area contributed by atoms with E-state index in [0.29, 0.717) is 0 Å². The average molecular weight is 513 g/mol. The molecule has 174 valence electrons. The van der Waals surface area contributed by atoms with Gasteiger partial charge < -0.3 is 10.1 Å². The molecule has 31 heavy (non-hydrogen) atoms. The third-order valence-electron chi connectivity index (χ3n) is 6.23. The molecule has 0 aliphatic rings. The highest BCUT2D eigenvalue weighted by molar-refractivity contribution is 9.09. The first-order valence-electron chi connectivity index (χ1n) is 12.1. The molecule has 3 atom stereocenters. The van der Waals surface area contributed by atoms with Crippen LogP contribution in [0.3, 0.4) is 0 Å². The average Bonchev–Trinajstić information content (AvgIpc) is 3.19. The molecular formula is C26H39BrClNO2. The zero-order valence-electron chi connectivity index (χ0n) is 18.9. The maximum absolute atomic E-state index is 11.5. The molecule has 1 aromatic heterocycles. The lowest BCUT2D eigenvalue weighted by atomic mass is 9.89. The first-order chi connectivity index (χ1) is 15.0. The van der Waals surface area contributed by atoms with Gasteiger partial charge in [0.1, 0.15) is 0 Å². The number of rotatable bonds is 17. The Morgan fingerprint density at radius 1 is 1.00 bits per heavy atom. The van der Waals surface area contributed by atoms with Gasteiger partial charge in [-0.1, -0.05) is 112 Å². The van der Waals surface area contributed by atoms with E-state index >= 15 is 0 Å². The number of hydrogen-bond donors (Lipinski definition) is 2. The summed E-state index contributed by atoms with van der Waals surface area (Å²) >= 11 is 10.6. The Balaban J connectivity index is 1.74. The van der Waals surface area contributed by atoms with E-state index in [0.717, 1.165) is 29.3 Å². The Bertz CT molecular complexity index is 763. The van der Waals surface area contributed by atoms with Gasteiger partial charge in [-0.3, -0.25) is 4.79 Å². The molecule has 0 radical (unpaired) electrons. The van der Waals surface area contributed by atoms with Crippen molar-refractivity contribution >= 4 is 44.4 Å². The minimum atomic E-state index is -0.810. The number of para-hydroxylation sites is 1. The van der Waals surface area contributed by atoms with Crippen LogP contribution in [0.15, 0.2) is 30.5 Å². The van der Waals surface area contributed by atoms with E-state index in [-0.39, 0.29) is 22.5 Å². The summed E-state index contributed by atoms with van der Waals surface area (Å²) in [6.45, 7) is 2.26. The van der Waals surface area contributed by atoms with Crippen molar-refractivity contribution in [1.29, 1.82) is 0 Å². The normalized spacial score (nSPS) is 14.5. The second-order valence-electron chi connectivity index (χ2n) is 8.78. The highest BCUT2D eigenvalue weighted by atomic mass is 79.9. The molecule has 2 rings (SSSR count). The van der Waals surface area contributed by atoms with Crippen LogP contribution in [0.4, 0.5) is 0 Å². The molecule has 0 aliphatic heterocycles. The number of halogens is 2. The summed E-state index contributed by atoms with van der Waals surface area (Å²) in [5.41, 5.74) is 2.02. The highest BCUT2D eigenvalue weighted by Gasteiger charge is 2.30. The van der Waals surface area contributed by atoms with Gasteiger partial charge in [0, 0.05) is 27.8 Å². The molecule has 5 heteroatoms. The Morgan fingerprint density at radius 3 is 2.19 bits per heavy atom. The second-order valence-corrected chi connectivity index (χ2v) is 10.5. The van der Waals surface area contributed by atoms with E-state index in [1.807, 2.05) is 30.5 Å². The van der Waals surface area contributed by atoms with Crippen LogP contribution in [0.1, 0.15) is 102 Å². The van der Waals surface area contributed by atoms with E-state index in [1.165, 1.54) is 64.2 Å². The molecule has 0 aliphatic carbocycles. The third kappa shape index (κ3) is 9.18. The smallest absolute Gasteiger partial charge is 0.304 e. The lowest BCUT2D eigenvalue weighted by molar-refractivity contribution is -0.137. The van der Waals surface area contributed by atoms with Gasteiger partial charge >= 0.3 is 5.97 Å². The van der Waals surface area contributed by atoms with Crippen molar-refractivity contribution in [3.05, 3.63) is 36.0 Å². The van der Waals surface area contributed by atoms with Crippen LogP contribution in [0.5, 0.6) is 0 Å². The lowest BCUT2D eigenvalue weighted by Gasteiger charge is -2.25. The number of carboxylic acid groups (broad SMARTS) is 1. The molecule has 0 bridgehead atoms. The molecule has 3 unspecified atom stereocenters. The standard InChI is InChI=1S/C26H39BrClNO2/c1-2-3-4-5-6-7-8-9-10-11-12-16-23(27)26(28)21(18-25(30)31)22-19-29-24-17-14-13-15-20(22)24/h13-15,17,19,21,23,26,29H,2-12,16,18H2,1H3,(H,30,31). The Hall–Kier alpha value is -1.00. The summed E-state index contributed by atoms with van der Waals surface area (Å²) < 4.78 is 0. The third-order valence-corrected chi connectivity index (χ3v) is 8.17. The van der Waals surface area contributed by atoms with Crippen molar-refractivity contribution in [2.75, 3.05) is 0 Å². The second kappa shape index (κ2) is 14.9. The van der Waals surface area contributed by atoms with E-state index in [9.17, 15) is 9.90 Å². The van der Waals surface area contributed by atoms with Gasteiger partial charge in [0.2, 0.25) is 0 Å². The lowest BCUT2D eigenvalue weighted by Crippen LogP contribution is -2.25. The molecule has 0 spiro atoms. The number of fused-ring (bicyclic) bond motifs is 1. The van der Waals surface area contributed by atoms with Gasteiger partial charge in [-0.15, -0.1) is 11.6 Å². The summed E-state index contributed by atoms with van der Waals surface area (Å²) in [7, 11) is 0. The van der Waals surface area contributed by atoms with E-state index in [1.54, 1.807) is 0 Å².